The Labute approximate surface area is 123 Å². The van der Waals surface area contributed by atoms with E-state index in [0.717, 1.165) is 12.8 Å². The maximum absolute atomic E-state index is 11.6. The zero-order valence-corrected chi connectivity index (χ0v) is 12.5. The van der Waals surface area contributed by atoms with Gasteiger partial charge in [-0.2, -0.15) is 0 Å². The Hall–Kier alpha value is -1.67. The number of aliphatic carboxylic acids is 1. The summed E-state index contributed by atoms with van der Waals surface area (Å²) in [5.74, 6) is -1.40. The van der Waals surface area contributed by atoms with Gasteiger partial charge in [0.25, 0.3) is 0 Å². The number of carbonyl (C=O) groups is 3. The van der Waals surface area contributed by atoms with Crippen molar-refractivity contribution in [2.24, 2.45) is 0 Å². The van der Waals surface area contributed by atoms with Crippen molar-refractivity contribution in [3.05, 3.63) is 0 Å². The Morgan fingerprint density at radius 3 is 2.57 bits per heavy atom. The van der Waals surface area contributed by atoms with Crippen molar-refractivity contribution in [2.45, 2.75) is 32.3 Å². The molecule has 3 N–H and O–H groups in total. The molecule has 1 heterocycles. The first-order valence-electron chi connectivity index (χ1n) is 7.00. The van der Waals surface area contributed by atoms with Crippen molar-refractivity contribution in [3.63, 3.8) is 0 Å². The maximum atomic E-state index is 11.6. The van der Waals surface area contributed by atoms with Gasteiger partial charge in [0.2, 0.25) is 5.91 Å². The first-order chi connectivity index (χ1) is 9.84. The molecule has 8 heteroatoms. The van der Waals surface area contributed by atoms with E-state index in [2.05, 4.69) is 10.6 Å². The molecule has 8 nitrogen and oxygen atoms in total. The summed E-state index contributed by atoms with van der Waals surface area (Å²) in [4.78, 5) is 35.2. The number of ether oxygens (including phenoxy) is 1. The predicted octanol–water partition coefficient (Wildman–Crippen LogP) is -0.212. The molecule has 1 rings (SSSR count). The smallest absolute Gasteiger partial charge is 0.329 e. The Bertz CT molecular complexity index is 393. The van der Waals surface area contributed by atoms with Gasteiger partial charge in [0.15, 0.2) is 0 Å². The lowest BCUT2D eigenvalue weighted by Crippen LogP contribution is -2.63. The number of urea groups is 1. The number of hydrogen-bond acceptors (Lipinski definition) is 5. The number of hydrogen-bond donors (Lipinski definition) is 3. The topological polar surface area (TPSA) is 108 Å². The van der Waals surface area contributed by atoms with Gasteiger partial charge in [0.05, 0.1) is 12.1 Å². The van der Waals surface area contributed by atoms with E-state index in [0.29, 0.717) is 19.6 Å². The van der Waals surface area contributed by atoms with Crippen molar-refractivity contribution >= 4 is 17.9 Å². The average Bonchev–Trinajstić information content (AvgIpc) is 2.34. The number of carboxylic acid groups (broad SMARTS) is 1. The summed E-state index contributed by atoms with van der Waals surface area (Å²) >= 11 is 0. The Balaban J connectivity index is 2.17. The number of imide groups is 1. The third-order valence-electron chi connectivity index (χ3n) is 3.10. The Morgan fingerprint density at radius 2 is 2.00 bits per heavy atom. The maximum Gasteiger partial charge on any atom is 0.329 e. The molecular formula is C13H23N3O5. The van der Waals surface area contributed by atoms with Gasteiger partial charge in [0, 0.05) is 19.6 Å². The molecule has 0 aromatic carbocycles. The second-order valence-corrected chi connectivity index (χ2v) is 5.44. The molecule has 1 saturated heterocycles. The number of amides is 3. The summed E-state index contributed by atoms with van der Waals surface area (Å²) in [5, 5.41) is 13.4. The highest BCUT2D eigenvalue weighted by Crippen LogP contribution is 2.23. The minimum atomic E-state index is -1.02. The SMILES string of the molecule is CCCCNC(=O)NC(=O)CN1CC(C)(OCC(=O)O)C1. The van der Waals surface area contributed by atoms with Crippen LogP contribution in [0.15, 0.2) is 0 Å². The number of rotatable bonds is 8. The molecule has 3 amide bonds. The normalized spacial score (nSPS) is 16.9. The highest BCUT2D eigenvalue weighted by Gasteiger charge is 2.40. The fourth-order valence-electron chi connectivity index (χ4n) is 2.13. The van der Waals surface area contributed by atoms with Crippen molar-refractivity contribution in [1.29, 1.82) is 0 Å². The van der Waals surface area contributed by atoms with E-state index >= 15 is 0 Å². The molecule has 0 aromatic rings. The van der Waals surface area contributed by atoms with E-state index in [-0.39, 0.29) is 19.1 Å². The van der Waals surface area contributed by atoms with Crippen LogP contribution in [0.1, 0.15) is 26.7 Å². The van der Waals surface area contributed by atoms with Crippen LogP contribution < -0.4 is 10.6 Å². The van der Waals surface area contributed by atoms with Crippen LogP contribution in [0.3, 0.4) is 0 Å². The van der Waals surface area contributed by atoms with E-state index in [1.165, 1.54) is 0 Å². The lowest BCUT2D eigenvalue weighted by Gasteiger charge is -2.46. The van der Waals surface area contributed by atoms with Gasteiger partial charge in [-0.05, 0) is 13.3 Å². The van der Waals surface area contributed by atoms with Gasteiger partial charge in [-0.1, -0.05) is 13.3 Å². The van der Waals surface area contributed by atoms with Gasteiger partial charge < -0.3 is 15.2 Å². The van der Waals surface area contributed by atoms with Crippen molar-refractivity contribution < 1.29 is 24.2 Å². The number of nitrogens with zero attached hydrogens (tertiary/aromatic N) is 1. The number of nitrogens with one attached hydrogen (secondary N) is 2. The summed E-state index contributed by atoms with van der Waals surface area (Å²) in [6.07, 6.45) is 1.84. The minimum absolute atomic E-state index is 0.0905. The van der Waals surface area contributed by atoms with E-state index in [1.54, 1.807) is 11.8 Å². The molecule has 1 aliphatic heterocycles. The summed E-state index contributed by atoms with van der Waals surface area (Å²) in [6.45, 7) is 5.01. The van der Waals surface area contributed by atoms with Gasteiger partial charge in [-0.15, -0.1) is 0 Å². The standard InChI is InChI=1S/C13H23N3O5/c1-3-4-5-14-12(20)15-10(17)6-16-8-13(2,9-16)21-7-11(18)19/h3-9H2,1-2H3,(H,18,19)(H2,14,15,17,20). The first-order valence-corrected chi connectivity index (χ1v) is 7.00. The molecule has 0 bridgehead atoms. The monoisotopic (exact) mass is 301 g/mol. The van der Waals surface area contributed by atoms with E-state index < -0.39 is 17.6 Å². The Kier molecular flexibility index (Phi) is 6.57. The third-order valence-corrected chi connectivity index (χ3v) is 3.10. The largest absolute Gasteiger partial charge is 0.480 e. The molecule has 0 radical (unpaired) electrons. The molecule has 0 spiro atoms. The van der Waals surface area contributed by atoms with Gasteiger partial charge in [-0.25, -0.2) is 9.59 Å². The molecule has 1 aliphatic rings. The van der Waals surface area contributed by atoms with E-state index in [4.69, 9.17) is 9.84 Å². The van der Waals surface area contributed by atoms with Crippen LogP contribution in [0.25, 0.3) is 0 Å². The van der Waals surface area contributed by atoms with Crippen LogP contribution in [-0.2, 0) is 14.3 Å². The molecule has 120 valence electrons. The van der Waals surface area contributed by atoms with Gasteiger partial charge in [0.1, 0.15) is 6.61 Å². The van der Waals surface area contributed by atoms with Gasteiger partial charge >= 0.3 is 12.0 Å². The lowest BCUT2D eigenvalue weighted by atomic mass is 9.96. The number of carboxylic acids is 1. The fourth-order valence-corrected chi connectivity index (χ4v) is 2.13. The molecule has 0 unspecified atom stereocenters. The molecule has 0 atom stereocenters. The highest BCUT2D eigenvalue weighted by atomic mass is 16.5. The molecule has 21 heavy (non-hydrogen) atoms. The summed E-state index contributed by atoms with van der Waals surface area (Å²) < 4.78 is 5.23. The van der Waals surface area contributed by atoms with Crippen molar-refractivity contribution in [1.82, 2.24) is 15.5 Å². The van der Waals surface area contributed by atoms with Crippen LogP contribution in [0, 0.1) is 0 Å². The quantitative estimate of drug-likeness (QED) is 0.535. The summed E-state index contributed by atoms with van der Waals surface area (Å²) in [7, 11) is 0. The molecule has 0 aliphatic carbocycles. The van der Waals surface area contributed by atoms with E-state index in [1.807, 2.05) is 6.92 Å². The number of carbonyl (C=O) groups excluding carboxylic acids is 2. The minimum Gasteiger partial charge on any atom is -0.480 e. The molecule has 1 fully saturated rings. The zero-order valence-electron chi connectivity index (χ0n) is 12.5. The van der Waals surface area contributed by atoms with Crippen LogP contribution in [0.2, 0.25) is 0 Å². The highest BCUT2D eigenvalue weighted by molar-refractivity contribution is 5.95. The lowest BCUT2D eigenvalue weighted by molar-refractivity contribution is -0.166. The fraction of sp³-hybridized carbons (Fsp3) is 0.769. The Morgan fingerprint density at radius 1 is 1.33 bits per heavy atom. The number of unbranched alkanes of at least 4 members (excludes halogenated alkanes) is 1. The second-order valence-electron chi connectivity index (χ2n) is 5.44. The van der Waals surface area contributed by atoms with Gasteiger partial charge in [-0.3, -0.25) is 15.0 Å². The number of likely N-dealkylation sites (tertiary alicyclic amines) is 1. The molecule has 0 saturated carbocycles. The summed E-state index contributed by atoms with van der Waals surface area (Å²) in [5.41, 5.74) is -0.540. The molecule has 0 aromatic heterocycles. The third kappa shape index (κ3) is 6.54. The second kappa shape index (κ2) is 7.94. The van der Waals surface area contributed by atoms with Crippen molar-refractivity contribution in [3.8, 4) is 0 Å². The predicted molar refractivity (Wildman–Crippen MR) is 74.9 cm³/mol. The van der Waals surface area contributed by atoms with E-state index in [9.17, 15) is 14.4 Å². The summed E-state index contributed by atoms with van der Waals surface area (Å²) in [6, 6.07) is -0.487. The average molecular weight is 301 g/mol. The zero-order chi connectivity index (χ0) is 15.9. The van der Waals surface area contributed by atoms with Crippen LogP contribution in [-0.4, -0.2) is 66.3 Å². The van der Waals surface area contributed by atoms with Crippen LogP contribution >= 0.6 is 0 Å². The first kappa shape index (κ1) is 17.4. The van der Waals surface area contributed by atoms with Crippen molar-refractivity contribution in [2.75, 3.05) is 32.8 Å². The van der Waals surface area contributed by atoms with Crippen LogP contribution in [0.4, 0.5) is 4.79 Å². The van der Waals surface area contributed by atoms with Crippen LogP contribution in [0.5, 0.6) is 0 Å². The molecular weight excluding hydrogens is 278 g/mol.